The van der Waals surface area contributed by atoms with E-state index in [0.29, 0.717) is 3.82 Å². The Balaban J connectivity index is 2.74. The van der Waals surface area contributed by atoms with Crippen LogP contribution in [0, 0.1) is 0 Å². The van der Waals surface area contributed by atoms with Gasteiger partial charge in [0.25, 0.3) is 0 Å². The van der Waals surface area contributed by atoms with Crippen molar-refractivity contribution in [3.63, 3.8) is 0 Å². The zero-order valence-electron chi connectivity index (χ0n) is 8.35. The third-order valence-corrected chi connectivity index (χ3v) is 3.23. The standard InChI is InChI=1S/C8H16BIO2/c1-6(10)9-11-7(2,3)8(4,5)12-9/h6H,1-5H3/t6-/m0/s1. The summed E-state index contributed by atoms with van der Waals surface area (Å²) in [6, 6.07) is 0. The van der Waals surface area contributed by atoms with Crippen molar-refractivity contribution in [1.82, 2.24) is 0 Å². The van der Waals surface area contributed by atoms with Crippen LogP contribution < -0.4 is 0 Å². The number of rotatable bonds is 1. The van der Waals surface area contributed by atoms with E-state index in [0.717, 1.165) is 0 Å². The van der Waals surface area contributed by atoms with E-state index in [1.54, 1.807) is 0 Å². The first kappa shape index (κ1) is 10.8. The first-order chi connectivity index (χ1) is 5.26. The molecule has 0 aromatic heterocycles. The Morgan fingerprint density at radius 2 is 1.42 bits per heavy atom. The van der Waals surface area contributed by atoms with Crippen LogP contribution in [0.1, 0.15) is 34.6 Å². The average molecular weight is 282 g/mol. The summed E-state index contributed by atoms with van der Waals surface area (Å²) in [5.41, 5.74) is -0.367. The molecule has 0 bridgehead atoms. The predicted molar refractivity (Wildman–Crippen MR) is 59.6 cm³/mol. The molecule has 4 heteroatoms. The van der Waals surface area contributed by atoms with Gasteiger partial charge in [-0.1, -0.05) is 29.5 Å². The molecule has 0 aromatic carbocycles. The molecular weight excluding hydrogens is 266 g/mol. The van der Waals surface area contributed by atoms with Gasteiger partial charge in [0.2, 0.25) is 0 Å². The summed E-state index contributed by atoms with van der Waals surface area (Å²) in [6.45, 7) is 10.4. The molecule has 1 rings (SSSR count). The van der Waals surface area contributed by atoms with E-state index in [4.69, 9.17) is 9.31 Å². The lowest BCUT2D eigenvalue weighted by Gasteiger charge is -2.32. The second kappa shape index (κ2) is 3.13. The number of halogens is 1. The summed E-state index contributed by atoms with van der Waals surface area (Å²) in [6.07, 6.45) is 0. The maximum absolute atomic E-state index is 5.80. The van der Waals surface area contributed by atoms with Gasteiger partial charge in [-0.2, -0.15) is 0 Å². The van der Waals surface area contributed by atoms with Gasteiger partial charge in [0, 0.05) is 3.82 Å². The summed E-state index contributed by atoms with van der Waals surface area (Å²) >= 11 is 2.33. The SMILES string of the molecule is C[C@H](I)B1OC(C)(C)C(C)(C)O1. The Morgan fingerprint density at radius 1 is 1.08 bits per heavy atom. The Morgan fingerprint density at radius 3 is 1.58 bits per heavy atom. The summed E-state index contributed by atoms with van der Waals surface area (Å²) < 4.78 is 12.0. The molecule has 1 heterocycles. The smallest absolute Gasteiger partial charge is 0.403 e. The van der Waals surface area contributed by atoms with E-state index in [1.807, 2.05) is 0 Å². The van der Waals surface area contributed by atoms with Gasteiger partial charge in [0.1, 0.15) is 0 Å². The van der Waals surface area contributed by atoms with E-state index in [2.05, 4.69) is 57.2 Å². The molecule has 0 aliphatic carbocycles. The van der Waals surface area contributed by atoms with Crippen molar-refractivity contribution in [3.05, 3.63) is 0 Å². The fourth-order valence-electron chi connectivity index (χ4n) is 1.08. The van der Waals surface area contributed by atoms with Crippen molar-refractivity contribution < 1.29 is 9.31 Å². The van der Waals surface area contributed by atoms with Crippen LogP contribution in [0.15, 0.2) is 0 Å². The number of hydrogen-bond acceptors (Lipinski definition) is 2. The molecule has 1 fully saturated rings. The second-order valence-electron chi connectivity index (χ2n) is 4.30. The maximum atomic E-state index is 5.80. The monoisotopic (exact) mass is 282 g/mol. The molecule has 0 amide bonds. The maximum Gasteiger partial charge on any atom is 0.471 e. The van der Waals surface area contributed by atoms with Gasteiger partial charge < -0.3 is 9.31 Å². The fraction of sp³-hybridized carbons (Fsp3) is 1.00. The van der Waals surface area contributed by atoms with E-state index in [9.17, 15) is 0 Å². The van der Waals surface area contributed by atoms with Crippen LogP contribution in [0.4, 0.5) is 0 Å². The van der Waals surface area contributed by atoms with Crippen molar-refractivity contribution >= 4 is 29.7 Å². The van der Waals surface area contributed by atoms with E-state index < -0.39 is 0 Å². The van der Waals surface area contributed by atoms with Crippen LogP contribution in [-0.2, 0) is 9.31 Å². The largest absolute Gasteiger partial charge is 0.471 e. The number of hydrogen-bond donors (Lipinski definition) is 0. The van der Waals surface area contributed by atoms with Crippen LogP contribution in [0.3, 0.4) is 0 Å². The van der Waals surface area contributed by atoms with Crippen LogP contribution in [0.2, 0.25) is 0 Å². The van der Waals surface area contributed by atoms with E-state index >= 15 is 0 Å². The van der Waals surface area contributed by atoms with Gasteiger partial charge >= 0.3 is 7.12 Å². The van der Waals surface area contributed by atoms with Crippen molar-refractivity contribution in [3.8, 4) is 0 Å². The predicted octanol–water partition coefficient (Wildman–Crippen LogP) is 2.44. The van der Waals surface area contributed by atoms with Gasteiger partial charge in [-0.3, -0.25) is 0 Å². The zero-order chi connectivity index (χ0) is 9.57. The van der Waals surface area contributed by atoms with Crippen molar-refractivity contribution in [2.45, 2.75) is 49.6 Å². The molecule has 0 N–H and O–H groups in total. The highest BCUT2D eigenvalue weighted by Crippen LogP contribution is 2.38. The number of alkyl halides is 1. The lowest BCUT2D eigenvalue weighted by molar-refractivity contribution is 0.00578. The van der Waals surface area contributed by atoms with Crippen molar-refractivity contribution in [2.24, 2.45) is 0 Å². The highest BCUT2D eigenvalue weighted by molar-refractivity contribution is 14.1. The summed E-state index contributed by atoms with van der Waals surface area (Å²) in [7, 11) is -0.0596. The van der Waals surface area contributed by atoms with Crippen LogP contribution in [0.5, 0.6) is 0 Å². The third-order valence-electron chi connectivity index (χ3n) is 2.65. The van der Waals surface area contributed by atoms with Gasteiger partial charge in [-0.05, 0) is 27.7 Å². The molecule has 0 radical (unpaired) electrons. The molecule has 1 atom stereocenters. The second-order valence-corrected chi connectivity index (χ2v) is 6.27. The molecule has 2 nitrogen and oxygen atoms in total. The van der Waals surface area contributed by atoms with Gasteiger partial charge in [0.05, 0.1) is 11.2 Å². The minimum Gasteiger partial charge on any atom is -0.403 e. The lowest BCUT2D eigenvalue weighted by Crippen LogP contribution is -2.41. The van der Waals surface area contributed by atoms with E-state index in [1.165, 1.54) is 0 Å². The lowest BCUT2D eigenvalue weighted by atomic mass is 9.86. The minimum atomic E-state index is -0.183. The minimum absolute atomic E-state index is 0.0596. The molecular formula is C8H16BIO2. The Bertz CT molecular complexity index is 164. The molecule has 1 aliphatic heterocycles. The molecule has 0 saturated carbocycles. The summed E-state index contributed by atoms with van der Waals surface area (Å²) in [5, 5.41) is 0. The topological polar surface area (TPSA) is 18.5 Å². The van der Waals surface area contributed by atoms with E-state index in [-0.39, 0.29) is 18.3 Å². The molecule has 1 aliphatic rings. The third kappa shape index (κ3) is 1.80. The summed E-state index contributed by atoms with van der Waals surface area (Å²) in [4.78, 5) is 0. The van der Waals surface area contributed by atoms with Gasteiger partial charge in [-0.15, -0.1) is 0 Å². The summed E-state index contributed by atoms with van der Waals surface area (Å²) in [5.74, 6) is 0. The molecule has 0 unspecified atom stereocenters. The first-order valence-corrected chi connectivity index (χ1v) is 5.50. The van der Waals surface area contributed by atoms with Crippen LogP contribution in [-0.4, -0.2) is 22.1 Å². The molecule has 1 saturated heterocycles. The molecule has 70 valence electrons. The molecule has 0 spiro atoms. The Kier molecular flexibility index (Phi) is 2.82. The van der Waals surface area contributed by atoms with Crippen LogP contribution >= 0.6 is 22.6 Å². The molecule has 0 aromatic rings. The van der Waals surface area contributed by atoms with Crippen molar-refractivity contribution in [1.29, 1.82) is 0 Å². The fourth-order valence-corrected chi connectivity index (χ4v) is 1.37. The van der Waals surface area contributed by atoms with Gasteiger partial charge in [0.15, 0.2) is 0 Å². The Labute approximate surface area is 88.7 Å². The highest BCUT2D eigenvalue weighted by Gasteiger charge is 2.52. The van der Waals surface area contributed by atoms with Gasteiger partial charge in [-0.25, -0.2) is 0 Å². The zero-order valence-corrected chi connectivity index (χ0v) is 10.5. The molecule has 12 heavy (non-hydrogen) atoms. The highest BCUT2D eigenvalue weighted by atomic mass is 127. The normalized spacial score (nSPS) is 29.0. The van der Waals surface area contributed by atoms with Crippen LogP contribution in [0.25, 0.3) is 0 Å². The first-order valence-electron chi connectivity index (χ1n) is 4.26. The Hall–Kier alpha value is 0.715. The average Bonchev–Trinajstić information content (AvgIpc) is 2.03. The van der Waals surface area contributed by atoms with Crippen molar-refractivity contribution in [2.75, 3.05) is 0 Å². The quantitative estimate of drug-likeness (QED) is 0.418.